The molecule has 21 heavy (non-hydrogen) atoms. The van der Waals surface area contributed by atoms with Gasteiger partial charge in [0.25, 0.3) is 5.91 Å². The van der Waals surface area contributed by atoms with Crippen LogP contribution in [0.1, 0.15) is 15.9 Å². The fourth-order valence-corrected chi connectivity index (χ4v) is 2.28. The second-order valence-corrected chi connectivity index (χ2v) is 5.00. The van der Waals surface area contributed by atoms with Gasteiger partial charge >= 0.3 is 0 Å². The lowest BCUT2D eigenvalue weighted by Gasteiger charge is -2.11. The number of methoxy groups -OCH3 is 1. The summed E-state index contributed by atoms with van der Waals surface area (Å²) < 4.78 is 5.17. The van der Waals surface area contributed by atoms with Gasteiger partial charge in [0.1, 0.15) is 0 Å². The molecule has 0 atom stereocenters. The molecule has 2 aromatic rings. The van der Waals surface area contributed by atoms with Crippen LogP contribution in [0.25, 0.3) is 0 Å². The number of hydrogen-bond donors (Lipinski definition) is 2. The van der Waals surface area contributed by atoms with E-state index >= 15 is 0 Å². The summed E-state index contributed by atoms with van der Waals surface area (Å²) in [6.45, 7) is 0.511. The van der Waals surface area contributed by atoms with Crippen LogP contribution in [0.5, 0.6) is 5.75 Å². The van der Waals surface area contributed by atoms with Gasteiger partial charge in [-0.05, 0) is 36.2 Å². The second-order valence-electron chi connectivity index (χ2n) is 4.56. The first-order chi connectivity index (χ1) is 10.1. The molecule has 0 fully saturated rings. The summed E-state index contributed by atoms with van der Waals surface area (Å²) in [7, 11) is 1.49. The standard InChI is InChI=1S/C16H17ClN2O2/c1-21-15-13(6-3-7-14(15)18)16(20)19-9-8-11-4-2-5-12(17)10-11/h2-7,10H,8-9,18H2,1H3,(H,19,20). The zero-order chi connectivity index (χ0) is 15.2. The molecule has 1 amide bonds. The van der Waals surface area contributed by atoms with Gasteiger partial charge in [-0.2, -0.15) is 0 Å². The highest BCUT2D eigenvalue weighted by atomic mass is 35.5. The highest BCUT2D eigenvalue weighted by molar-refractivity contribution is 6.30. The molecule has 0 aromatic heterocycles. The first-order valence-electron chi connectivity index (χ1n) is 6.57. The van der Waals surface area contributed by atoms with E-state index in [1.807, 2.05) is 24.3 Å². The van der Waals surface area contributed by atoms with Crippen molar-refractivity contribution in [2.75, 3.05) is 19.4 Å². The van der Waals surface area contributed by atoms with E-state index < -0.39 is 0 Å². The van der Waals surface area contributed by atoms with Crippen LogP contribution < -0.4 is 15.8 Å². The predicted octanol–water partition coefficient (Wildman–Crippen LogP) is 2.90. The molecule has 0 aliphatic heterocycles. The molecule has 0 bridgehead atoms. The van der Waals surface area contributed by atoms with E-state index in [0.29, 0.717) is 35.0 Å². The number of anilines is 1. The maximum atomic E-state index is 12.2. The van der Waals surface area contributed by atoms with Crippen LogP contribution in [-0.2, 0) is 6.42 Å². The molecule has 4 nitrogen and oxygen atoms in total. The van der Waals surface area contributed by atoms with Crippen molar-refractivity contribution >= 4 is 23.2 Å². The summed E-state index contributed by atoms with van der Waals surface area (Å²) >= 11 is 5.92. The Hall–Kier alpha value is -2.20. The number of benzene rings is 2. The molecule has 110 valence electrons. The first-order valence-corrected chi connectivity index (χ1v) is 6.94. The summed E-state index contributed by atoms with van der Waals surface area (Å²) in [5, 5.41) is 3.54. The second kappa shape index (κ2) is 6.99. The first kappa shape index (κ1) is 15.2. The van der Waals surface area contributed by atoms with Crippen LogP contribution in [0.3, 0.4) is 0 Å². The lowest BCUT2D eigenvalue weighted by atomic mass is 10.1. The molecule has 0 saturated carbocycles. The van der Waals surface area contributed by atoms with Gasteiger partial charge in [-0.15, -0.1) is 0 Å². The summed E-state index contributed by atoms with van der Waals surface area (Å²) in [5.74, 6) is 0.193. The number of nitrogens with two attached hydrogens (primary N) is 1. The van der Waals surface area contributed by atoms with E-state index in [9.17, 15) is 4.79 Å². The van der Waals surface area contributed by atoms with Crippen LogP contribution >= 0.6 is 11.6 Å². The van der Waals surface area contributed by atoms with Gasteiger partial charge in [0.05, 0.1) is 18.4 Å². The molecule has 0 saturated heterocycles. The molecule has 0 spiro atoms. The molecule has 0 radical (unpaired) electrons. The number of para-hydroxylation sites is 1. The molecule has 0 unspecified atom stereocenters. The topological polar surface area (TPSA) is 64.3 Å². The maximum absolute atomic E-state index is 12.2. The van der Waals surface area contributed by atoms with Crippen molar-refractivity contribution in [3.8, 4) is 5.75 Å². The minimum absolute atomic E-state index is 0.207. The lowest BCUT2D eigenvalue weighted by Crippen LogP contribution is -2.26. The van der Waals surface area contributed by atoms with Crippen molar-refractivity contribution in [3.63, 3.8) is 0 Å². The Labute approximate surface area is 128 Å². The monoisotopic (exact) mass is 304 g/mol. The fraction of sp³-hybridized carbons (Fsp3) is 0.188. The summed E-state index contributed by atoms with van der Waals surface area (Å²) in [4.78, 5) is 12.2. The Morgan fingerprint density at radius 1 is 1.29 bits per heavy atom. The van der Waals surface area contributed by atoms with Gasteiger partial charge < -0.3 is 15.8 Å². The largest absolute Gasteiger partial charge is 0.494 e. The molecular weight excluding hydrogens is 288 g/mol. The van der Waals surface area contributed by atoms with E-state index in [-0.39, 0.29) is 5.91 Å². The minimum atomic E-state index is -0.207. The van der Waals surface area contributed by atoms with Gasteiger partial charge in [-0.1, -0.05) is 29.8 Å². The van der Waals surface area contributed by atoms with E-state index in [4.69, 9.17) is 22.1 Å². The number of nitrogen functional groups attached to an aromatic ring is 1. The van der Waals surface area contributed by atoms with E-state index in [0.717, 1.165) is 5.56 Å². The average molecular weight is 305 g/mol. The normalized spacial score (nSPS) is 10.2. The number of ether oxygens (including phenoxy) is 1. The lowest BCUT2D eigenvalue weighted by molar-refractivity contribution is 0.0951. The van der Waals surface area contributed by atoms with Crippen molar-refractivity contribution in [3.05, 3.63) is 58.6 Å². The minimum Gasteiger partial charge on any atom is -0.494 e. The summed E-state index contributed by atoms with van der Waals surface area (Å²) in [5.41, 5.74) is 7.74. The summed E-state index contributed by atoms with van der Waals surface area (Å²) in [6, 6.07) is 12.7. The van der Waals surface area contributed by atoms with Crippen molar-refractivity contribution < 1.29 is 9.53 Å². The molecule has 3 N–H and O–H groups in total. The smallest absolute Gasteiger partial charge is 0.255 e. The van der Waals surface area contributed by atoms with Crippen LogP contribution in [0.2, 0.25) is 5.02 Å². The van der Waals surface area contributed by atoms with Crippen LogP contribution in [0, 0.1) is 0 Å². The predicted molar refractivity (Wildman–Crippen MR) is 84.9 cm³/mol. The van der Waals surface area contributed by atoms with Gasteiger partial charge in [0.15, 0.2) is 5.75 Å². The van der Waals surface area contributed by atoms with Gasteiger partial charge in [-0.3, -0.25) is 4.79 Å². The molecule has 0 aliphatic rings. The fourth-order valence-electron chi connectivity index (χ4n) is 2.07. The third-order valence-corrected chi connectivity index (χ3v) is 3.32. The van der Waals surface area contributed by atoms with Crippen LogP contribution in [-0.4, -0.2) is 19.6 Å². The highest BCUT2D eigenvalue weighted by Gasteiger charge is 2.13. The quantitative estimate of drug-likeness (QED) is 0.835. The van der Waals surface area contributed by atoms with Gasteiger partial charge in [0, 0.05) is 11.6 Å². The Morgan fingerprint density at radius 2 is 2.05 bits per heavy atom. The van der Waals surface area contributed by atoms with Crippen molar-refractivity contribution in [2.24, 2.45) is 0 Å². The van der Waals surface area contributed by atoms with Crippen molar-refractivity contribution in [1.82, 2.24) is 5.32 Å². The Bertz CT molecular complexity index is 644. The number of carbonyl (C=O) groups is 1. The third kappa shape index (κ3) is 3.89. The average Bonchev–Trinajstić information content (AvgIpc) is 2.47. The molecule has 5 heteroatoms. The zero-order valence-electron chi connectivity index (χ0n) is 11.7. The molecule has 2 aromatic carbocycles. The van der Waals surface area contributed by atoms with Gasteiger partial charge in [0.2, 0.25) is 0 Å². The van der Waals surface area contributed by atoms with Crippen LogP contribution in [0.4, 0.5) is 5.69 Å². The summed E-state index contributed by atoms with van der Waals surface area (Å²) in [6.07, 6.45) is 0.705. The van der Waals surface area contributed by atoms with E-state index in [1.54, 1.807) is 18.2 Å². The number of halogens is 1. The van der Waals surface area contributed by atoms with E-state index in [2.05, 4.69) is 5.32 Å². The molecule has 0 heterocycles. The van der Waals surface area contributed by atoms with Crippen molar-refractivity contribution in [1.29, 1.82) is 0 Å². The van der Waals surface area contributed by atoms with Gasteiger partial charge in [-0.25, -0.2) is 0 Å². The zero-order valence-corrected chi connectivity index (χ0v) is 12.5. The molecular formula is C16H17ClN2O2. The van der Waals surface area contributed by atoms with E-state index in [1.165, 1.54) is 7.11 Å². The maximum Gasteiger partial charge on any atom is 0.255 e. The van der Waals surface area contributed by atoms with Crippen LogP contribution in [0.15, 0.2) is 42.5 Å². The number of carbonyl (C=O) groups excluding carboxylic acids is 1. The number of hydrogen-bond acceptors (Lipinski definition) is 3. The number of amides is 1. The number of rotatable bonds is 5. The Kier molecular flexibility index (Phi) is 5.06. The Balaban J connectivity index is 1.98. The number of nitrogens with one attached hydrogen (secondary N) is 1. The van der Waals surface area contributed by atoms with Crippen molar-refractivity contribution in [2.45, 2.75) is 6.42 Å². The molecule has 0 aliphatic carbocycles. The SMILES string of the molecule is COc1c(N)cccc1C(=O)NCCc1cccc(Cl)c1. The Morgan fingerprint density at radius 3 is 2.76 bits per heavy atom. The molecule has 2 rings (SSSR count). The highest BCUT2D eigenvalue weighted by Crippen LogP contribution is 2.25. The third-order valence-electron chi connectivity index (χ3n) is 3.08.